The molecule has 1 heterocycles. The van der Waals surface area contributed by atoms with Crippen LogP contribution in [0.4, 0.5) is 8.78 Å². The van der Waals surface area contributed by atoms with Crippen LogP contribution in [0.2, 0.25) is 0 Å². The molecular formula is C13H15F2NO. The van der Waals surface area contributed by atoms with Crippen molar-refractivity contribution < 1.29 is 13.5 Å². The Morgan fingerprint density at radius 2 is 1.76 bits per heavy atom. The van der Waals surface area contributed by atoms with Gasteiger partial charge in [0, 0.05) is 25.2 Å². The Morgan fingerprint density at radius 3 is 2.35 bits per heavy atom. The molecule has 0 amide bonds. The molecule has 1 fully saturated rings. The molecule has 0 bridgehead atoms. The molecular weight excluding hydrogens is 224 g/mol. The van der Waals surface area contributed by atoms with E-state index in [0.717, 1.165) is 0 Å². The molecule has 17 heavy (non-hydrogen) atoms. The highest BCUT2D eigenvalue weighted by Gasteiger charge is 2.16. The second-order valence-electron chi connectivity index (χ2n) is 3.99. The maximum atomic E-state index is 13.0. The number of morpholine rings is 1. The highest BCUT2D eigenvalue weighted by atomic mass is 19.3. The van der Waals surface area contributed by atoms with Gasteiger partial charge in [-0.2, -0.15) is 8.78 Å². The summed E-state index contributed by atoms with van der Waals surface area (Å²) in [4.78, 5) is 1.99. The van der Waals surface area contributed by atoms with Crippen LogP contribution in [0.3, 0.4) is 0 Å². The zero-order chi connectivity index (χ0) is 12.1. The van der Waals surface area contributed by atoms with Crippen molar-refractivity contribution in [3.8, 4) is 0 Å². The summed E-state index contributed by atoms with van der Waals surface area (Å²) in [6.07, 6.45) is -1.59. The van der Waals surface area contributed by atoms with Crippen LogP contribution in [0.25, 0.3) is 5.57 Å². The fourth-order valence-corrected chi connectivity index (χ4v) is 1.88. The SMILES string of the molecule is FC(F)=C(CN1CCOCC1)c1ccccc1. The van der Waals surface area contributed by atoms with E-state index < -0.39 is 6.08 Å². The molecule has 0 aliphatic carbocycles. The van der Waals surface area contributed by atoms with Crippen molar-refractivity contribution in [2.24, 2.45) is 0 Å². The molecule has 0 saturated carbocycles. The molecule has 0 aromatic heterocycles. The van der Waals surface area contributed by atoms with Crippen molar-refractivity contribution in [1.82, 2.24) is 4.90 Å². The Bertz CT molecular complexity index is 382. The average Bonchev–Trinajstić information content (AvgIpc) is 2.38. The molecule has 0 atom stereocenters. The lowest BCUT2D eigenvalue weighted by molar-refractivity contribution is 0.0441. The van der Waals surface area contributed by atoms with E-state index in [9.17, 15) is 8.78 Å². The number of nitrogens with zero attached hydrogens (tertiary/aromatic N) is 1. The quantitative estimate of drug-likeness (QED) is 0.804. The van der Waals surface area contributed by atoms with Crippen LogP contribution < -0.4 is 0 Å². The lowest BCUT2D eigenvalue weighted by Crippen LogP contribution is -2.37. The molecule has 1 aromatic rings. The predicted molar refractivity (Wildman–Crippen MR) is 62.8 cm³/mol. The molecule has 2 nitrogen and oxygen atoms in total. The smallest absolute Gasteiger partial charge is 0.275 e. The van der Waals surface area contributed by atoms with Crippen molar-refractivity contribution in [2.45, 2.75) is 0 Å². The second-order valence-corrected chi connectivity index (χ2v) is 3.99. The van der Waals surface area contributed by atoms with E-state index >= 15 is 0 Å². The molecule has 0 N–H and O–H groups in total. The van der Waals surface area contributed by atoms with E-state index in [1.165, 1.54) is 0 Å². The fourth-order valence-electron chi connectivity index (χ4n) is 1.88. The zero-order valence-corrected chi connectivity index (χ0v) is 9.53. The first-order valence-electron chi connectivity index (χ1n) is 5.67. The molecule has 92 valence electrons. The van der Waals surface area contributed by atoms with Gasteiger partial charge >= 0.3 is 0 Å². The largest absolute Gasteiger partial charge is 0.379 e. The molecule has 1 aliphatic heterocycles. The highest BCUT2D eigenvalue weighted by molar-refractivity contribution is 5.67. The van der Waals surface area contributed by atoms with Crippen LogP contribution in [0.15, 0.2) is 36.4 Å². The van der Waals surface area contributed by atoms with Crippen LogP contribution in [0.1, 0.15) is 5.56 Å². The van der Waals surface area contributed by atoms with Crippen LogP contribution in [0, 0.1) is 0 Å². The molecule has 0 spiro atoms. The summed E-state index contributed by atoms with van der Waals surface area (Å²) in [6.45, 7) is 2.95. The maximum Gasteiger partial charge on any atom is 0.275 e. The minimum atomic E-state index is -1.59. The van der Waals surface area contributed by atoms with Crippen LogP contribution in [-0.4, -0.2) is 37.7 Å². The van der Waals surface area contributed by atoms with Gasteiger partial charge in [0.1, 0.15) is 0 Å². The van der Waals surface area contributed by atoms with Gasteiger partial charge < -0.3 is 4.74 Å². The summed E-state index contributed by atoms with van der Waals surface area (Å²) in [5, 5.41) is 0. The van der Waals surface area contributed by atoms with Crippen LogP contribution in [0.5, 0.6) is 0 Å². The third kappa shape index (κ3) is 3.35. The molecule has 2 rings (SSSR count). The third-order valence-corrected chi connectivity index (χ3v) is 2.84. The lowest BCUT2D eigenvalue weighted by atomic mass is 10.1. The highest BCUT2D eigenvalue weighted by Crippen LogP contribution is 2.22. The topological polar surface area (TPSA) is 12.5 Å². The Morgan fingerprint density at radius 1 is 1.12 bits per heavy atom. The predicted octanol–water partition coefficient (Wildman–Crippen LogP) is 2.63. The number of hydrogen-bond acceptors (Lipinski definition) is 2. The minimum Gasteiger partial charge on any atom is -0.379 e. The van der Waals surface area contributed by atoms with E-state index in [1.807, 2.05) is 11.0 Å². The lowest BCUT2D eigenvalue weighted by Gasteiger charge is -2.27. The third-order valence-electron chi connectivity index (χ3n) is 2.84. The Labute approximate surface area is 99.5 Å². The van der Waals surface area contributed by atoms with E-state index in [0.29, 0.717) is 31.9 Å². The Kier molecular flexibility index (Phi) is 4.23. The average molecular weight is 239 g/mol. The monoisotopic (exact) mass is 239 g/mol. The molecule has 4 heteroatoms. The zero-order valence-electron chi connectivity index (χ0n) is 9.53. The van der Waals surface area contributed by atoms with Crippen LogP contribution >= 0.6 is 0 Å². The van der Waals surface area contributed by atoms with Crippen molar-refractivity contribution in [3.63, 3.8) is 0 Å². The van der Waals surface area contributed by atoms with Gasteiger partial charge in [-0.05, 0) is 5.56 Å². The molecule has 1 aromatic carbocycles. The minimum absolute atomic E-state index is 0.118. The summed E-state index contributed by atoms with van der Waals surface area (Å²) < 4.78 is 31.1. The summed E-state index contributed by atoms with van der Waals surface area (Å²) in [6, 6.07) is 8.81. The molecule has 1 saturated heterocycles. The summed E-state index contributed by atoms with van der Waals surface area (Å²) in [7, 11) is 0. The summed E-state index contributed by atoms with van der Waals surface area (Å²) >= 11 is 0. The van der Waals surface area contributed by atoms with Gasteiger partial charge in [0.25, 0.3) is 6.08 Å². The number of rotatable bonds is 3. The first kappa shape index (κ1) is 12.2. The van der Waals surface area contributed by atoms with Crippen molar-refractivity contribution in [2.75, 3.05) is 32.8 Å². The van der Waals surface area contributed by atoms with E-state index in [1.54, 1.807) is 24.3 Å². The Hall–Kier alpha value is -1.26. The number of halogens is 2. The van der Waals surface area contributed by atoms with Gasteiger partial charge in [-0.25, -0.2) is 0 Å². The van der Waals surface area contributed by atoms with E-state index in [-0.39, 0.29) is 12.1 Å². The van der Waals surface area contributed by atoms with Gasteiger partial charge in [0.15, 0.2) is 0 Å². The van der Waals surface area contributed by atoms with Crippen molar-refractivity contribution >= 4 is 5.57 Å². The van der Waals surface area contributed by atoms with Gasteiger partial charge in [0.2, 0.25) is 0 Å². The molecule has 0 radical (unpaired) electrons. The van der Waals surface area contributed by atoms with Crippen LogP contribution in [-0.2, 0) is 4.74 Å². The van der Waals surface area contributed by atoms with Gasteiger partial charge in [-0.15, -0.1) is 0 Å². The standard InChI is InChI=1S/C13H15F2NO/c14-13(15)12(11-4-2-1-3-5-11)10-16-6-8-17-9-7-16/h1-5H,6-10H2. The second kappa shape index (κ2) is 5.89. The molecule has 1 aliphatic rings. The summed E-state index contributed by atoms with van der Waals surface area (Å²) in [5.74, 6) is 0. The first-order valence-corrected chi connectivity index (χ1v) is 5.67. The first-order chi connectivity index (χ1) is 8.27. The van der Waals surface area contributed by atoms with Gasteiger partial charge in [-0.1, -0.05) is 30.3 Å². The van der Waals surface area contributed by atoms with Crippen molar-refractivity contribution in [3.05, 3.63) is 42.0 Å². The Balaban J connectivity index is 2.11. The van der Waals surface area contributed by atoms with Gasteiger partial charge in [0.05, 0.1) is 13.2 Å². The van der Waals surface area contributed by atoms with Crippen molar-refractivity contribution in [1.29, 1.82) is 0 Å². The number of hydrogen-bond donors (Lipinski definition) is 0. The van der Waals surface area contributed by atoms with E-state index in [2.05, 4.69) is 0 Å². The molecule has 0 unspecified atom stereocenters. The number of ether oxygens (including phenoxy) is 1. The van der Waals surface area contributed by atoms with E-state index in [4.69, 9.17) is 4.74 Å². The maximum absolute atomic E-state index is 13.0. The fraction of sp³-hybridized carbons (Fsp3) is 0.385. The number of benzene rings is 1. The normalized spacial score (nSPS) is 16.8. The van der Waals surface area contributed by atoms with Gasteiger partial charge in [-0.3, -0.25) is 4.90 Å². The summed E-state index contributed by atoms with van der Waals surface area (Å²) in [5.41, 5.74) is 0.714.